The molecule has 0 atom stereocenters. The lowest BCUT2D eigenvalue weighted by molar-refractivity contribution is -0.130. The fourth-order valence-electron chi connectivity index (χ4n) is 3.17. The number of nitrogens with zero attached hydrogens (tertiary/aromatic N) is 1. The van der Waals surface area contributed by atoms with E-state index < -0.39 is 5.41 Å². The number of carbonyl (C=O) groups is 1. The third-order valence-corrected chi connectivity index (χ3v) is 4.62. The van der Waals surface area contributed by atoms with Gasteiger partial charge in [0.05, 0.1) is 18.2 Å². The number of hydrogen-bond acceptors (Lipinski definition) is 5. The fourth-order valence-corrected chi connectivity index (χ4v) is 3.17. The number of methoxy groups -OCH3 is 1. The van der Waals surface area contributed by atoms with Crippen LogP contribution in [0.4, 0.5) is 5.69 Å². The van der Waals surface area contributed by atoms with Crippen LogP contribution < -0.4 is 10.6 Å². The summed E-state index contributed by atoms with van der Waals surface area (Å²) in [6.45, 7) is 4.07. The van der Waals surface area contributed by atoms with Crippen LogP contribution in [0.25, 0.3) is 11.5 Å². The lowest BCUT2D eigenvalue weighted by atomic mass is 9.78. The van der Waals surface area contributed by atoms with Crippen LogP contribution in [0.1, 0.15) is 18.4 Å². The zero-order valence-electron chi connectivity index (χ0n) is 14.5. The van der Waals surface area contributed by atoms with Gasteiger partial charge in [0.2, 0.25) is 11.8 Å². The molecule has 2 heterocycles. The third-order valence-electron chi connectivity index (χ3n) is 4.62. The number of carbonyl (C=O) groups excluding carboxylic acids is 1. The average molecular weight is 366 g/mol. The number of hydrogen-bond donors (Lipinski definition) is 2. The van der Waals surface area contributed by atoms with Crippen molar-refractivity contribution < 1.29 is 13.9 Å². The van der Waals surface area contributed by atoms with E-state index in [2.05, 4.69) is 15.6 Å². The summed E-state index contributed by atoms with van der Waals surface area (Å²) in [5.41, 5.74) is 2.19. The maximum absolute atomic E-state index is 12.9. The number of rotatable bonds is 5. The van der Waals surface area contributed by atoms with E-state index in [4.69, 9.17) is 9.15 Å². The van der Waals surface area contributed by atoms with Crippen molar-refractivity contribution >= 4 is 24.0 Å². The number of piperidine rings is 1. The predicted molar refractivity (Wildman–Crippen MR) is 99.0 cm³/mol. The van der Waals surface area contributed by atoms with Gasteiger partial charge in [0, 0.05) is 18.4 Å². The third kappa shape index (κ3) is 4.21. The molecule has 0 aliphatic carbocycles. The maximum atomic E-state index is 12.9. The van der Waals surface area contributed by atoms with Crippen LogP contribution in [0.3, 0.4) is 0 Å². The largest absolute Gasteiger partial charge is 0.445 e. The first-order valence-electron chi connectivity index (χ1n) is 8.16. The van der Waals surface area contributed by atoms with Gasteiger partial charge in [-0.1, -0.05) is 6.07 Å². The van der Waals surface area contributed by atoms with Crippen molar-refractivity contribution in [3.63, 3.8) is 0 Å². The molecule has 7 heteroatoms. The van der Waals surface area contributed by atoms with E-state index in [1.165, 1.54) is 0 Å². The zero-order valence-corrected chi connectivity index (χ0v) is 15.3. The van der Waals surface area contributed by atoms with Gasteiger partial charge < -0.3 is 19.8 Å². The number of amides is 1. The van der Waals surface area contributed by atoms with Gasteiger partial charge in [0.25, 0.3) is 0 Å². The lowest BCUT2D eigenvalue weighted by Gasteiger charge is -2.35. The number of oxazole rings is 1. The Morgan fingerprint density at radius 3 is 2.80 bits per heavy atom. The molecule has 0 spiro atoms. The monoisotopic (exact) mass is 365 g/mol. The van der Waals surface area contributed by atoms with Crippen molar-refractivity contribution in [3.05, 3.63) is 36.2 Å². The molecule has 1 aromatic carbocycles. The molecular weight excluding hydrogens is 342 g/mol. The van der Waals surface area contributed by atoms with Crippen LogP contribution in [0.2, 0.25) is 0 Å². The first-order valence-corrected chi connectivity index (χ1v) is 8.16. The molecule has 1 aliphatic heterocycles. The van der Waals surface area contributed by atoms with Gasteiger partial charge in [-0.3, -0.25) is 4.79 Å². The van der Waals surface area contributed by atoms with Crippen LogP contribution in [0, 0.1) is 12.3 Å². The Hall–Kier alpha value is -1.89. The van der Waals surface area contributed by atoms with Crippen molar-refractivity contribution in [2.45, 2.75) is 19.8 Å². The molecule has 1 fully saturated rings. The van der Waals surface area contributed by atoms with E-state index in [9.17, 15) is 4.79 Å². The van der Waals surface area contributed by atoms with Gasteiger partial charge in [-0.2, -0.15) is 0 Å². The minimum atomic E-state index is -0.478. The van der Waals surface area contributed by atoms with Gasteiger partial charge in [0.15, 0.2) is 0 Å². The second-order valence-corrected chi connectivity index (χ2v) is 6.28. The molecule has 2 N–H and O–H groups in total. The minimum absolute atomic E-state index is 0. The molecule has 2 aromatic rings. The molecule has 6 nitrogen and oxygen atoms in total. The molecule has 0 bridgehead atoms. The van der Waals surface area contributed by atoms with Crippen LogP contribution in [0.5, 0.6) is 0 Å². The quantitative estimate of drug-likeness (QED) is 0.851. The first kappa shape index (κ1) is 19.4. The van der Waals surface area contributed by atoms with Gasteiger partial charge in [-0.15, -0.1) is 12.4 Å². The second kappa shape index (κ2) is 8.47. The van der Waals surface area contributed by atoms with E-state index in [0.29, 0.717) is 12.5 Å². The van der Waals surface area contributed by atoms with Gasteiger partial charge in [-0.05, 0) is 50.6 Å². The summed E-state index contributed by atoms with van der Waals surface area (Å²) in [6, 6.07) is 5.77. The van der Waals surface area contributed by atoms with E-state index in [1.807, 2.05) is 25.1 Å². The van der Waals surface area contributed by atoms with Gasteiger partial charge in [0.1, 0.15) is 6.26 Å². The summed E-state index contributed by atoms with van der Waals surface area (Å²) in [6.07, 6.45) is 4.70. The van der Waals surface area contributed by atoms with E-state index in [0.717, 1.165) is 42.7 Å². The molecule has 3 rings (SSSR count). The SMILES string of the molecule is COCC1(C(=O)Nc2ccc(C)c(-c3ncco3)c2)CCNCC1.Cl. The highest BCUT2D eigenvalue weighted by molar-refractivity contribution is 5.96. The number of ether oxygens (including phenoxy) is 1. The Kier molecular flexibility index (Phi) is 6.58. The number of aryl methyl sites for hydroxylation is 1. The van der Waals surface area contributed by atoms with Crippen LogP contribution in [-0.4, -0.2) is 37.7 Å². The molecule has 0 unspecified atom stereocenters. The minimum Gasteiger partial charge on any atom is -0.445 e. The smallest absolute Gasteiger partial charge is 0.233 e. The molecule has 1 aromatic heterocycles. The predicted octanol–water partition coefficient (Wildman–Crippen LogP) is 3.03. The van der Waals surface area contributed by atoms with Crippen molar-refractivity contribution in [1.29, 1.82) is 0 Å². The molecule has 1 aliphatic rings. The second-order valence-electron chi connectivity index (χ2n) is 6.28. The van der Waals surface area contributed by atoms with Crippen molar-refractivity contribution in [2.75, 3.05) is 32.1 Å². The normalized spacial score (nSPS) is 16.1. The molecule has 0 saturated carbocycles. The fraction of sp³-hybridized carbons (Fsp3) is 0.444. The molecule has 1 saturated heterocycles. The molecule has 136 valence electrons. The Labute approximate surface area is 153 Å². The Morgan fingerprint density at radius 1 is 1.40 bits per heavy atom. The number of halogens is 1. The molecular formula is C18H24ClN3O3. The number of anilines is 1. The summed E-state index contributed by atoms with van der Waals surface area (Å²) < 4.78 is 10.7. The Morgan fingerprint density at radius 2 is 2.16 bits per heavy atom. The molecule has 0 radical (unpaired) electrons. The van der Waals surface area contributed by atoms with Crippen LogP contribution >= 0.6 is 12.4 Å². The van der Waals surface area contributed by atoms with Crippen LogP contribution in [-0.2, 0) is 9.53 Å². The number of nitrogens with one attached hydrogen (secondary N) is 2. The Balaban J connectivity index is 0.00000225. The standard InChI is InChI=1S/C18H23N3O3.ClH/c1-13-3-4-14(11-15(13)16-20-9-10-24-16)21-17(22)18(12-23-2)5-7-19-8-6-18;/h3-4,9-11,19H,5-8,12H2,1-2H3,(H,21,22);1H. The van der Waals surface area contributed by atoms with Crippen molar-refractivity contribution in [3.8, 4) is 11.5 Å². The number of benzene rings is 1. The molecule has 1 amide bonds. The summed E-state index contributed by atoms with van der Waals surface area (Å²) in [5, 5.41) is 6.35. The van der Waals surface area contributed by atoms with Crippen molar-refractivity contribution in [2.24, 2.45) is 5.41 Å². The summed E-state index contributed by atoms with van der Waals surface area (Å²) in [4.78, 5) is 17.1. The highest BCUT2D eigenvalue weighted by atomic mass is 35.5. The highest BCUT2D eigenvalue weighted by Crippen LogP contribution is 2.32. The van der Waals surface area contributed by atoms with Crippen LogP contribution in [0.15, 0.2) is 35.1 Å². The summed E-state index contributed by atoms with van der Waals surface area (Å²) in [7, 11) is 1.64. The summed E-state index contributed by atoms with van der Waals surface area (Å²) in [5.74, 6) is 0.560. The van der Waals surface area contributed by atoms with Gasteiger partial charge >= 0.3 is 0 Å². The topological polar surface area (TPSA) is 76.4 Å². The van der Waals surface area contributed by atoms with Gasteiger partial charge in [-0.25, -0.2) is 4.98 Å². The lowest BCUT2D eigenvalue weighted by Crippen LogP contribution is -2.47. The average Bonchev–Trinajstić information content (AvgIpc) is 3.12. The van der Waals surface area contributed by atoms with Crippen molar-refractivity contribution in [1.82, 2.24) is 10.3 Å². The molecule has 25 heavy (non-hydrogen) atoms. The van der Waals surface area contributed by atoms with E-state index in [1.54, 1.807) is 19.6 Å². The first-order chi connectivity index (χ1) is 11.6. The zero-order chi connectivity index (χ0) is 17.0. The summed E-state index contributed by atoms with van der Waals surface area (Å²) >= 11 is 0. The van der Waals surface area contributed by atoms with E-state index in [-0.39, 0.29) is 18.3 Å². The van der Waals surface area contributed by atoms with E-state index >= 15 is 0 Å². The maximum Gasteiger partial charge on any atom is 0.233 e. The number of aromatic nitrogens is 1. The highest BCUT2D eigenvalue weighted by Gasteiger charge is 2.39. The Bertz CT molecular complexity index is 692.